The number of aromatic amines is 1. The first-order chi connectivity index (χ1) is 12.1. The molecule has 1 fully saturated rings. The van der Waals surface area contributed by atoms with Gasteiger partial charge in [0.2, 0.25) is 0 Å². The smallest absolute Gasteiger partial charge is 0.254 e. The summed E-state index contributed by atoms with van der Waals surface area (Å²) in [7, 11) is 1.68. The zero-order valence-corrected chi connectivity index (χ0v) is 15.1. The van der Waals surface area contributed by atoms with Crippen molar-refractivity contribution in [1.82, 2.24) is 15.5 Å². The fraction of sp³-hybridized carbons (Fsp3) is 0.474. The Hall–Kier alpha value is -2.50. The van der Waals surface area contributed by atoms with Crippen molar-refractivity contribution < 1.29 is 9.53 Å². The number of hydrogen-bond donors (Lipinski definition) is 2. The monoisotopic (exact) mass is 342 g/mol. The minimum atomic E-state index is -0.0442. The van der Waals surface area contributed by atoms with Crippen LogP contribution < -0.4 is 15.0 Å². The van der Waals surface area contributed by atoms with Crippen LogP contribution in [0.1, 0.15) is 42.2 Å². The number of rotatable bonds is 6. The summed E-state index contributed by atoms with van der Waals surface area (Å²) in [6.07, 6.45) is 2.68. The standard InChI is InChI=1S/C19H26N4O2/c1-13(2)18-17(11-21-22-18)19(24)20-10-14-7-8-23(12-14)15-5-4-6-16(9-15)25-3/h4-6,9,11,13-14H,7-8,10,12H2,1-3H3,(H,20,24)(H,21,22)/t14-/m1/s1. The Kier molecular flexibility index (Phi) is 5.26. The predicted molar refractivity (Wildman–Crippen MR) is 98.3 cm³/mol. The van der Waals surface area contributed by atoms with Gasteiger partial charge in [0.1, 0.15) is 5.75 Å². The molecule has 1 amide bonds. The quantitative estimate of drug-likeness (QED) is 0.847. The van der Waals surface area contributed by atoms with Gasteiger partial charge in [-0.2, -0.15) is 5.10 Å². The van der Waals surface area contributed by atoms with Crippen molar-refractivity contribution in [2.24, 2.45) is 5.92 Å². The molecule has 3 rings (SSSR count). The Morgan fingerprint density at radius 2 is 2.32 bits per heavy atom. The summed E-state index contributed by atoms with van der Waals surface area (Å²) in [5.41, 5.74) is 2.71. The lowest BCUT2D eigenvalue weighted by Gasteiger charge is -2.19. The largest absolute Gasteiger partial charge is 0.497 e. The highest BCUT2D eigenvalue weighted by Crippen LogP contribution is 2.26. The molecule has 0 bridgehead atoms. The number of carbonyl (C=O) groups is 1. The maximum atomic E-state index is 12.4. The van der Waals surface area contributed by atoms with Gasteiger partial charge >= 0.3 is 0 Å². The minimum absolute atomic E-state index is 0.0442. The van der Waals surface area contributed by atoms with E-state index in [9.17, 15) is 4.79 Å². The maximum absolute atomic E-state index is 12.4. The Bertz CT molecular complexity index is 726. The summed E-state index contributed by atoms with van der Waals surface area (Å²) in [4.78, 5) is 14.8. The van der Waals surface area contributed by atoms with Gasteiger partial charge in [-0.1, -0.05) is 19.9 Å². The molecule has 0 unspecified atom stereocenters. The van der Waals surface area contributed by atoms with Gasteiger partial charge in [-0.25, -0.2) is 0 Å². The lowest BCUT2D eigenvalue weighted by molar-refractivity contribution is 0.0947. The SMILES string of the molecule is COc1cccc(N2CC[C@H](CNC(=O)c3cn[nH]c3C(C)C)C2)c1. The van der Waals surface area contributed by atoms with E-state index in [0.717, 1.165) is 31.0 Å². The summed E-state index contributed by atoms with van der Waals surface area (Å²) in [5.74, 6) is 1.52. The van der Waals surface area contributed by atoms with Crippen molar-refractivity contribution in [3.63, 3.8) is 0 Å². The molecule has 1 aromatic heterocycles. The van der Waals surface area contributed by atoms with Crippen molar-refractivity contribution in [3.05, 3.63) is 41.7 Å². The molecule has 6 nitrogen and oxygen atoms in total. The van der Waals surface area contributed by atoms with E-state index in [1.807, 2.05) is 26.0 Å². The molecule has 0 saturated carbocycles. The molecule has 2 aromatic rings. The second-order valence-electron chi connectivity index (χ2n) is 6.86. The summed E-state index contributed by atoms with van der Waals surface area (Å²) < 4.78 is 5.30. The molecular weight excluding hydrogens is 316 g/mol. The van der Waals surface area contributed by atoms with E-state index in [-0.39, 0.29) is 11.8 Å². The van der Waals surface area contributed by atoms with Crippen LogP contribution in [0, 0.1) is 5.92 Å². The molecule has 134 valence electrons. The molecule has 1 saturated heterocycles. The number of ether oxygens (including phenoxy) is 1. The molecule has 6 heteroatoms. The third-order valence-corrected chi connectivity index (χ3v) is 4.75. The van der Waals surface area contributed by atoms with Crippen LogP contribution in [-0.2, 0) is 0 Å². The number of nitrogens with one attached hydrogen (secondary N) is 2. The first-order valence-corrected chi connectivity index (χ1v) is 8.79. The summed E-state index contributed by atoms with van der Waals surface area (Å²) in [6.45, 7) is 6.72. The van der Waals surface area contributed by atoms with Crippen molar-refractivity contribution in [2.75, 3.05) is 31.6 Å². The van der Waals surface area contributed by atoms with Gasteiger partial charge in [-0.15, -0.1) is 0 Å². The Balaban J connectivity index is 1.55. The molecule has 2 heterocycles. The van der Waals surface area contributed by atoms with Gasteiger partial charge in [-0.3, -0.25) is 9.89 Å². The van der Waals surface area contributed by atoms with Gasteiger partial charge in [0.25, 0.3) is 5.91 Å². The number of aromatic nitrogens is 2. The molecule has 2 N–H and O–H groups in total. The van der Waals surface area contributed by atoms with E-state index >= 15 is 0 Å². The fourth-order valence-electron chi connectivity index (χ4n) is 3.29. The second-order valence-corrected chi connectivity index (χ2v) is 6.86. The highest BCUT2D eigenvalue weighted by atomic mass is 16.5. The van der Waals surface area contributed by atoms with Crippen LogP contribution in [0.15, 0.2) is 30.5 Å². The zero-order chi connectivity index (χ0) is 17.8. The molecule has 1 aliphatic heterocycles. The van der Waals surface area contributed by atoms with E-state index < -0.39 is 0 Å². The molecular formula is C19H26N4O2. The Labute approximate surface area is 148 Å². The van der Waals surface area contributed by atoms with Crippen molar-refractivity contribution >= 4 is 11.6 Å². The second kappa shape index (κ2) is 7.59. The molecule has 0 radical (unpaired) electrons. The van der Waals surface area contributed by atoms with Gasteiger partial charge in [0, 0.05) is 31.4 Å². The third kappa shape index (κ3) is 3.95. The molecule has 25 heavy (non-hydrogen) atoms. The predicted octanol–water partition coefficient (Wildman–Crippen LogP) is 2.80. The lowest BCUT2D eigenvalue weighted by Crippen LogP contribution is -2.31. The van der Waals surface area contributed by atoms with E-state index in [2.05, 4.69) is 32.5 Å². The number of carbonyl (C=O) groups excluding carboxylic acids is 1. The first kappa shape index (κ1) is 17.3. The number of H-pyrrole nitrogens is 1. The van der Waals surface area contributed by atoms with E-state index in [1.54, 1.807) is 13.3 Å². The van der Waals surface area contributed by atoms with E-state index in [0.29, 0.717) is 18.0 Å². The highest BCUT2D eigenvalue weighted by Gasteiger charge is 2.24. The number of benzene rings is 1. The number of amides is 1. The average Bonchev–Trinajstić information content (AvgIpc) is 3.29. The Morgan fingerprint density at radius 3 is 3.08 bits per heavy atom. The Morgan fingerprint density at radius 1 is 1.48 bits per heavy atom. The highest BCUT2D eigenvalue weighted by molar-refractivity contribution is 5.95. The molecule has 0 aliphatic carbocycles. The van der Waals surface area contributed by atoms with Gasteiger partial charge in [-0.05, 0) is 30.4 Å². The average molecular weight is 342 g/mol. The molecule has 1 aromatic carbocycles. The number of hydrogen-bond acceptors (Lipinski definition) is 4. The van der Waals surface area contributed by atoms with Crippen LogP contribution in [0.3, 0.4) is 0 Å². The van der Waals surface area contributed by atoms with E-state index in [1.165, 1.54) is 5.69 Å². The number of methoxy groups -OCH3 is 1. The van der Waals surface area contributed by atoms with Crippen LogP contribution in [0.5, 0.6) is 5.75 Å². The number of anilines is 1. The van der Waals surface area contributed by atoms with Crippen LogP contribution in [-0.4, -0.2) is 42.8 Å². The third-order valence-electron chi connectivity index (χ3n) is 4.75. The van der Waals surface area contributed by atoms with Crippen molar-refractivity contribution in [1.29, 1.82) is 0 Å². The maximum Gasteiger partial charge on any atom is 0.254 e. The van der Waals surface area contributed by atoms with Gasteiger partial charge < -0.3 is 15.0 Å². The summed E-state index contributed by atoms with van der Waals surface area (Å²) in [6, 6.07) is 8.12. The molecule has 1 aliphatic rings. The van der Waals surface area contributed by atoms with Crippen LogP contribution >= 0.6 is 0 Å². The van der Waals surface area contributed by atoms with Crippen molar-refractivity contribution in [3.8, 4) is 5.75 Å². The minimum Gasteiger partial charge on any atom is -0.497 e. The molecule has 1 atom stereocenters. The summed E-state index contributed by atoms with van der Waals surface area (Å²) >= 11 is 0. The normalized spacial score (nSPS) is 17.1. The fourth-order valence-corrected chi connectivity index (χ4v) is 3.29. The number of nitrogens with zero attached hydrogens (tertiary/aromatic N) is 2. The molecule has 0 spiro atoms. The van der Waals surface area contributed by atoms with Crippen LogP contribution in [0.25, 0.3) is 0 Å². The zero-order valence-electron chi connectivity index (χ0n) is 15.1. The lowest BCUT2D eigenvalue weighted by atomic mass is 10.1. The van der Waals surface area contributed by atoms with Crippen LogP contribution in [0.2, 0.25) is 0 Å². The van der Waals surface area contributed by atoms with Gasteiger partial charge in [0.05, 0.1) is 24.6 Å². The van der Waals surface area contributed by atoms with E-state index in [4.69, 9.17) is 4.74 Å². The van der Waals surface area contributed by atoms with Gasteiger partial charge in [0.15, 0.2) is 0 Å². The topological polar surface area (TPSA) is 70.2 Å². The summed E-state index contributed by atoms with van der Waals surface area (Å²) in [5, 5.41) is 10.00. The van der Waals surface area contributed by atoms with Crippen molar-refractivity contribution in [2.45, 2.75) is 26.2 Å². The first-order valence-electron chi connectivity index (χ1n) is 8.79. The van der Waals surface area contributed by atoms with Crippen LogP contribution in [0.4, 0.5) is 5.69 Å².